The van der Waals surface area contributed by atoms with Crippen LogP contribution in [0.5, 0.6) is 0 Å². The Balaban J connectivity index is 1.48. The van der Waals surface area contributed by atoms with Crippen molar-refractivity contribution in [3.63, 3.8) is 0 Å². The molecule has 3 rings (SSSR count). The molecule has 0 saturated heterocycles. The summed E-state index contributed by atoms with van der Waals surface area (Å²) in [6, 6.07) is 5.37. The highest BCUT2D eigenvalue weighted by molar-refractivity contribution is 7.15. The number of nitrogens with one attached hydrogen (secondary N) is 2. The number of nitrogens with zero attached hydrogens (tertiary/aromatic N) is 3. The summed E-state index contributed by atoms with van der Waals surface area (Å²) in [6.45, 7) is 0.813. The molecule has 0 aliphatic heterocycles. The minimum atomic E-state index is -0.230. The van der Waals surface area contributed by atoms with Gasteiger partial charge in [-0.15, -0.1) is 11.3 Å². The average molecular weight is 287 g/mol. The number of fused-ring (bicyclic) bond motifs is 1. The number of thiazole rings is 1. The highest BCUT2D eigenvalue weighted by Gasteiger charge is 2.05. The standard InChI is InChI=1S/C13H13N5OS/c19-12(15-7-10-3-1-2-4-14-10)16-8-11-9-18-5-6-20-13(18)17-11/h1-6,9H,7-8H2,(H2,15,16,19). The molecule has 0 radical (unpaired) electrons. The van der Waals surface area contributed by atoms with Crippen molar-refractivity contribution >= 4 is 22.3 Å². The summed E-state index contributed by atoms with van der Waals surface area (Å²) in [7, 11) is 0. The van der Waals surface area contributed by atoms with Gasteiger partial charge in [-0.1, -0.05) is 6.07 Å². The van der Waals surface area contributed by atoms with Gasteiger partial charge in [0.1, 0.15) is 0 Å². The molecule has 0 fully saturated rings. The number of carbonyl (C=O) groups is 1. The zero-order chi connectivity index (χ0) is 13.8. The van der Waals surface area contributed by atoms with E-state index in [0.29, 0.717) is 13.1 Å². The van der Waals surface area contributed by atoms with E-state index in [1.807, 2.05) is 40.4 Å². The van der Waals surface area contributed by atoms with Crippen LogP contribution in [0.4, 0.5) is 4.79 Å². The average Bonchev–Trinajstić information content (AvgIpc) is 3.05. The van der Waals surface area contributed by atoms with E-state index in [4.69, 9.17) is 0 Å². The van der Waals surface area contributed by atoms with Gasteiger partial charge < -0.3 is 10.6 Å². The van der Waals surface area contributed by atoms with Crippen LogP contribution in [0.25, 0.3) is 4.96 Å². The SMILES string of the molecule is O=C(NCc1ccccn1)NCc1cn2ccsc2n1. The van der Waals surface area contributed by atoms with Gasteiger partial charge in [0.05, 0.1) is 24.5 Å². The third kappa shape index (κ3) is 2.94. The van der Waals surface area contributed by atoms with Crippen LogP contribution in [0.1, 0.15) is 11.4 Å². The van der Waals surface area contributed by atoms with Crippen molar-refractivity contribution < 1.29 is 4.79 Å². The van der Waals surface area contributed by atoms with Gasteiger partial charge in [0.2, 0.25) is 0 Å². The van der Waals surface area contributed by atoms with Crippen molar-refractivity contribution in [1.82, 2.24) is 25.0 Å². The van der Waals surface area contributed by atoms with E-state index in [2.05, 4.69) is 20.6 Å². The Morgan fingerprint density at radius 2 is 2.10 bits per heavy atom. The number of amides is 2. The third-order valence-electron chi connectivity index (χ3n) is 2.73. The molecule has 0 saturated carbocycles. The smallest absolute Gasteiger partial charge is 0.315 e. The van der Waals surface area contributed by atoms with Crippen LogP contribution in [0.3, 0.4) is 0 Å². The molecule has 0 spiro atoms. The van der Waals surface area contributed by atoms with Crippen molar-refractivity contribution in [2.75, 3.05) is 0 Å². The van der Waals surface area contributed by atoms with Crippen LogP contribution in [0.15, 0.2) is 42.2 Å². The third-order valence-corrected chi connectivity index (χ3v) is 3.50. The number of pyridine rings is 1. The lowest BCUT2D eigenvalue weighted by atomic mass is 10.3. The fourth-order valence-electron chi connectivity index (χ4n) is 1.77. The van der Waals surface area contributed by atoms with Crippen LogP contribution in [0, 0.1) is 0 Å². The van der Waals surface area contributed by atoms with Crippen molar-refractivity contribution in [3.8, 4) is 0 Å². The zero-order valence-electron chi connectivity index (χ0n) is 10.6. The van der Waals surface area contributed by atoms with Crippen LogP contribution in [-0.4, -0.2) is 20.4 Å². The molecule has 2 N–H and O–H groups in total. The maximum absolute atomic E-state index is 11.7. The number of hydrogen-bond acceptors (Lipinski definition) is 4. The number of rotatable bonds is 4. The predicted molar refractivity (Wildman–Crippen MR) is 76.4 cm³/mol. The molecule has 0 aromatic carbocycles. The van der Waals surface area contributed by atoms with Gasteiger partial charge in [0.25, 0.3) is 0 Å². The molecule has 3 aromatic heterocycles. The summed E-state index contributed by atoms with van der Waals surface area (Å²) in [5.74, 6) is 0. The van der Waals surface area contributed by atoms with Crippen molar-refractivity contribution in [2.45, 2.75) is 13.1 Å². The van der Waals surface area contributed by atoms with Crippen LogP contribution >= 0.6 is 11.3 Å². The molecular formula is C13H13N5OS. The maximum Gasteiger partial charge on any atom is 0.315 e. The van der Waals surface area contributed by atoms with E-state index in [1.165, 1.54) is 0 Å². The first-order valence-electron chi connectivity index (χ1n) is 6.14. The van der Waals surface area contributed by atoms with E-state index in [9.17, 15) is 4.79 Å². The van der Waals surface area contributed by atoms with E-state index in [0.717, 1.165) is 16.3 Å². The topological polar surface area (TPSA) is 71.3 Å². The van der Waals surface area contributed by atoms with E-state index < -0.39 is 0 Å². The first-order valence-corrected chi connectivity index (χ1v) is 7.02. The summed E-state index contributed by atoms with van der Waals surface area (Å²) in [5, 5.41) is 7.49. The van der Waals surface area contributed by atoms with E-state index >= 15 is 0 Å². The minimum Gasteiger partial charge on any atom is -0.333 e. The molecule has 3 heterocycles. The van der Waals surface area contributed by atoms with Gasteiger partial charge in [-0.2, -0.15) is 0 Å². The van der Waals surface area contributed by atoms with E-state index in [1.54, 1.807) is 17.5 Å². The Bertz CT molecular complexity index is 677. The van der Waals surface area contributed by atoms with Gasteiger partial charge in [-0.25, -0.2) is 9.78 Å². The second-order valence-electron chi connectivity index (χ2n) is 4.18. The molecular weight excluding hydrogens is 274 g/mol. The number of hydrogen-bond donors (Lipinski definition) is 2. The molecule has 0 unspecified atom stereocenters. The molecule has 3 aromatic rings. The van der Waals surface area contributed by atoms with E-state index in [-0.39, 0.29) is 6.03 Å². The Kier molecular flexibility index (Phi) is 3.60. The largest absolute Gasteiger partial charge is 0.333 e. The molecule has 6 nitrogen and oxygen atoms in total. The number of aromatic nitrogens is 3. The number of carbonyl (C=O) groups excluding carboxylic acids is 1. The van der Waals surface area contributed by atoms with Crippen molar-refractivity contribution in [2.24, 2.45) is 0 Å². The lowest BCUT2D eigenvalue weighted by Gasteiger charge is -2.05. The summed E-state index contributed by atoms with van der Waals surface area (Å²) >= 11 is 1.57. The molecule has 20 heavy (non-hydrogen) atoms. The first kappa shape index (κ1) is 12.6. The van der Waals surface area contributed by atoms with Crippen LogP contribution in [0.2, 0.25) is 0 Å². The lowest BCUT2D eigenvalue weighted by molar-refractivity contribution is 0.240. The van der Waals surface area contributed by atoms with Crippen molar-refractivity contribution in [3.05, 3.63) is 53.6 Å². The van der Waals surface area contributed by atoms with Crippen LogP contribution < -0.4 is 10.6 Å². The molecule has 2 amide bonds. The minimum absolute atomic E-state index is 0.230. The summed E-state index contributed by atoms with van der Waals surface area (Å²) in [4.78, 5) is 21.1. The second-order valence-corrected chi connectivity index (χ2v) is 5.06. The second kappa shape index (κ2) is 5.70. The summed E-state index contributed by atoms with van der Waals surface area (Å²) in [5.41, 5.74) is 1.66. The fourth-order valence-corrected chi connectivity index (χ4v) is 2.49. The number of urea groups is 1. The Morgan fingerprint density at radius 3 is 2.85 bits per heavy atom. The molecule has 0 atom stereocenters. The monoisotopic (exact) mass is 287 g/mol. The fraction of sp³-hybridized carbons (Fsp3) is 0.154. The van der Waals surface area contributed by atoms with Crippen LogP contribution in [-0.2, 0) is 13.1 Å². The quantitative estimate of drug-likeness (QED) is 0.768. The summed E-state index contributed by atoms with van der Waals surface area (Å²) in [6.07, 6.45) is 5.55. The molecule has 102 valence electrons. The molecule has 7 heteroatoms. The summed E-state index contributed by atoms with van der Waals surface area (Å²) < 4.78 is 1.94. The van der Waals surface area contributed by atoms with Gasteiger partial charge >= 0.3 is 6.03 Å². The Hall–Kier alpha value is -2.41. The predicted octanol–water partition coefficient (Wildman–Crippen LogP) is 1.79. The van der Waals surface area contributed by atoms with Crippen molar-refractivity contribution in [1.29, 1.82) is 0 Å². The van der Waals surface area contributed by atoms with Gasteiger partial charge in [-0.05, 0) is 12.1 Å². The number of imidazole rings is 1. The zero-order valence-corrected chi connectivity index (χ0v) is 11.4. The Morgan fingerprint density at radius 1 is 1.25 bits per heavy atom. The molecule has 0 aliphatic carbocycles. The van der Waals surface area contributed by atoms with Gasteiger partial charge in [0, 0.05) is 24.0 Å². The maximum atomic E-state index is 11.7. The molecule has 0 bridgehead atoms. The Labute approximate surface area is 119 Å². The lowest BCUT2D eigenvalue weighted by Crippen LogP contribution is -2.34. The van der Waals surface area contributed by atoms with Gasteiger partial charge in [-0.3, -0.25) is 9.38 Å². The normalized spacial score (nSPS) is 10.6. The highest BCUT2D eigenvalue weighted by Crippen LogP contribution is 2.10. The molecule has 0 aliphatic rings. The van der Waals surface area contributed by atoms with Gasteiger partial charge in [0.15, 0.2) is 4.96 Å². The highest BCUT2D eigenvalue weighted by atomic mass is 32.1. The first-order chi connectivity index (χ1) is 9.81.